The second-order valence-corrected chi connectivity index (χ2v) is 3.75. The lowest BCUT2D eigenvalue weighted by Crippen LogP contribution is -2.30. The van der Waals surface area contributed by atoms with Crippen molar-refractivity contribution in [2.24, 2.45) is 5.84 Å². The van der Waals surface area contributed by atoms with Gasteiger partial charge in [0.15, 0.2) is 0 Å². The summed E-state index contributed by atoms with van der Waals surface area (Å²) < 4.78 is 26.1. The number of hydrogen-bond donors (Lipinski definition) is 2. The van der Waals surface area contributed by atoms with E-state index in [1.165, 1.54) is 11.8 Å². The van der Waals surface area contributed by atoms with Gasteiger partial charge in [-0.3, -0.25) is 11.3 Å². The number of nitrogens with one attached hydrogen (secondary N) is 1. The van der Waals surface area contributed by atoms with E-state index < -0.39 is 11.6 Å². The summed E-state index contributed by atoms with van der Waals surface area (Å²) in [5.74, 6) is 4.95. The largest absolute Gasteiger partial charge is 0.271 e. The van der Waals surface area contributed by atoms with Crippen molar-refractivity contribution in [3.05, 3.63) is 35.4 Å². The lowest BCUT2D eigenvalue weighted by molar-refractivity contribution is 0.534. The minimum atomic E-state index is -0.456. The molecular weight excluding hydrogens is 206 g/mol. The van der Waals surface area contributed by atoms with Crippen LogP contribution in [0.25, 0.3) is 0 Å². The smallest absolute Gasteiger partial charge is 0.128 e. The fraction of sp³-hybridized carbons (Fsp3) is 0.333. The van der Waals surface area contributed by atoms with E-state index >= 15 is 0 Å². The Kier molecular flexibility index (Phi) is 4.31. The zero-order chi connectivity index (χ0) is 10.6. The fourth-order valence-electron chi connectivity index (χ4n) is 1.18. The fourth-order valence-corrected chi connectivity index (χ4v) is 1.79. The molecule has 1 aromatic carbocycles. The maximum atomic E-state index is 13.3. The number of halogens is 2. The Hall–Kier alpha value is -0.650. The molecule has 0 aliphatic heterocycles. The third kappa shape index (κ3) is 2.67. The highest BCUT2D eigenvalue weighted by atomic mass is 32.2. The third-order valence-corrected chi connectivity index (χ3v) is 2.53. The first-order valence-corrected chi connectivity index (χ1v) is 5.48. The minimum Gasteiger partial charge on any atom is -0.271 e. The van der Waals surface area contributed by atoms with Gasteiger partial charge in [0, 0.05) is 11.3 Å². The summed E-state index contributed by atoms with van der Waals surface area (Å²) in [5, 5.41) is 0. The highest BCUT2D eigenvalue weighted by molar-refractivity contribution is 7.98. The van der Waals surface area contributed by atoms with E-state index in [0.717, 1.165) is 18.2 Å². The summed E-state index contributed by atoms with van der Waals surface area (Å²) in [4.78, 5) is 0. The molecule has 0 bridgehead atoms. The molecule has 0 radical (unpaired) electrons. The number of hydrogen-bond acceptors (Lipinski definition) is 3. The first-order valence-electron chi connectivity index (χ1n) is 4.09. The van der Waals surface area contributed by atoms with Crippen LogP contribution >= 0.6 is 11.8 Å². The predicted molar refractivity (Wildman–Crippen MR) is 54.8 cm³/mol. The van der Waals surface area contributed by atoms with Crippen molar-refractivity contribution in [1.82, 2.24) is 5.43 Å². The molecule has 0 aromatic heterocycles. The zero-order valence-corrected chi connectivity index (χ0v) is 8.57. The van der Waals surface area contributed by atoms with Crippen molar-refractivity contribution < 1.29 is 8.78 Å². The summed E-state index contributed by atoms with van der Waals surface area (Å²) in [5.41, 5.74) is 2.73. The maximum Gasteiger partial charge on any atom is 0.128 e. The van der Waals surface area contributed by atoms with Crippen molar-refractivity contribution in [3.8, 4) is 0 Å². The monoisotopic (exact) mass is 218 g/mol. The second kappa shape index (κ2) is 5.29. The summed E-state index contributed by atoms with van der Waals surface area (Å²) in [6, 6.07) is 3.00. The van der Waals surface area contributed by atoms with Gasteiger partial charge in [-0.15, -0.1) is 0 Å². The molecule has 1 atom stereocenters. The molecule has 0 saturated carbocycles. The normalized spacial score (nSPS) is 12.9. The van der Waals surface area contributed by atoms with Crippen molar-refractivity contribution >= 4 is 11.8 Å². The first-order chi connectivity index (χ1) is 6.69. The quantitative estimate of drug-likeness (QED) is 0.598. The van der Waals surface area contributed by atoms with Crippen LogP contribution in [0.15, 0.2) is 18.2 Å². The molecule has 0 fully saturated rings. The Morgan fingerprint density at radius 3 is 2.79 bits per heavy atom. The van der Waals surface area contributed by atoms with Crippen molar-refractivity contribution in [1.29, 1.82) is 0 Å². The predicted octanol–water partition coefficient (Wildman–Crippen LogP) is 1.83. The summed E-state index contributed by atoms with van der Waals surface area (Å²) >= 11 is 1.51. The lowest BCUT2D eigenvalue weighted by atomic mass is 10.1. The molecule has 0 amide bonds. The second-order valence-electron chi connectivity index (χ2n) is 2.84. The van der Waals surface area contributed by atoms with E-state index in [9.17, 15) is 8.78 Å². The van der Waals surface area contributed by atoms with E-state index in [0.29, 0.717) is 5.75 Å². The number of nitrogens with two attached hydrogens (primary N) is 1. The topological polar surface area (TPSA) is 38.0 Å². The van der Waals surface area contributed by atoms with Gasteiger partial charge in [-0.05, 0) is 24.5 Å². The van der Waals surface area contributed by atoms with Crippen LogP contribution in [0.2, 0.25) is 0 Å². The minimum absolute atomic E-state index is 0.266. The lowest BCUT2D eigenvalue weighted by Gasteiger charge is -2.15. The van der Waals surface area contributed by atoms with Crippen molar-refractivity contribution in [2.45, 2.75) is 6.04 Å². The van der Waals surface area contributed by atoms with Gasteiger partial charge < -0.3 is 0 Å². The van der Waals surface area contributed by atoms with Crippen LogP contribution in [-0.4, -0.2) is 12.0 Å². The molecule has 14 heavy (non-hydrogen) atoms. The van der Waals surface area contributed by atoms with Gasteiger partial charge >= 0.3 is 0 Å². The Morgan fingerprint density at radius 1 is 1.50 bits per heavy atom. The van der Waals surface area contributed by atoms with E-state index in [4.69, 9.17) is 5.84 Å². The Morgan fingerprint density at radius 2 is 2.21 bits per heavy atom. The first kappa shape index (κ1) is 11.4. The van der Waals surface area contributed by atoms with Crippen molar-refractivity contribution in [2.75, 3.05) is 12.0 Å². The van der Waals surface area contributed by atoms with Gasteiger partial charge in [0.05, 0.1) is 6.04 Å². The van der Waals surface area contributed by atoms with Crippen LogP contribution in [0.1, 0.15) is 11.6 Å². The SMILES string of the molecule is CSCC(NN)c1cc(F)ccc1F. The van der Waals surface area contributed by atoms with Gasteiger partial charge in [0.1, 0.15) is 11.6 Å². The number of hydrazine groups is 1. The van der Waals surface area contributed by atoms with Crippen LogP contribution < -0.4 is 11.3 Å². The molecule has 0 heterocycles. The molecule has 1 unspecified atom stereocenters. The molecule has 2 nitrogen and oxygen atoms in total. The van der Waals surface area contributed by atoms with E-state index in [1.807, 2.05) is 6.26 Å². The molecule has 0 aliphatic carbocycles. The van der Waals surface area contributed by atoms with Gasteiger partial charge in [0.2, 0.25) is 0 Å². The molecule has 78 valence electrons. The summed E-state index contributed by atoms with van der Waals surface area (Å²) in [7, 11) is 0. The average Bonchev–Trinajstić information content (AvgIpc) is 2.18. The Labute approximate surface area is 85.8 Å². The van der Waals surface area contributed by atoms with Crippen LogP contribution in [-0.2, 0) is 0 Å². The van der Waals surface area contributed by atoms with Gasteiger partial charge in [-0.25, -0.2) is 8.78 Å². The van der Waals surface area contributed by atoms with E-state index in [-0.39, 0.29) is 11.6 Å². The van der Waals surface area contributed by atoms with Crippen molar-refractivity contribution in [3.63, 3.8) is 0 Å². The zero-order valence-electron chi connectivity index (χ0n) is 7.76. The standard InChI is InChI=1S/C9H12F2N2S/c1-14-5-9(13-12)7-4-6(10)2-3-8(7)11/h2-4,9,13H,5,12H2,1H3. The highest BCUT2D eigenvalue weighted by Gasteiger charge is 2.14. The van der Waals surface area contributed by atoms with Gasteiger partial charge in [-0.2, -0.15) is 11.8 Å². The number of thioether (sulfide) groups is 1. The number of rotatable bonds is 4. The summed E-state index contributed by atoms with van der Waals surface area (Å²) in [6.45, 7) is 0. The highest BCUT2D eigenvalue weighted by Crippen LogP contribution is 2.20. The molecule has 1 rings (SSSR count). The molecule has 3 N–H and O–H groups in total. The third-order valence-electron chi connectivity index (χ3n) is 1.87. The van der Waals surface area contributed by atoms with Crippen LogP contribution in [0.3, 0.4) is 0 Å². The van der Waals surface area contributed by atoms with E-state index in [1.54, 1.807) is 0 Å². The molecular formula is C9H12F2N2S. The molecule has 0 saturated heterocycles. The Bertz CT molecular complexity index is 307. The Balaban J connectivity index is 2.96. The van der Waals surface area contributed by atoms with Gasteiger partial charge in [-0.1, -0.05) is 0 Å². The van der Waals surface area contributed by atoms with Crippen LogP contribution in [0.5, 0.6) is 0 Å². The maximum absolute atomic E-state index is 13.3. The molecule has 0 spiro atoms. The van der Waals surface area contributed by atoms with Crippen LogP contribution in [0, 0.1) is 11.6 Å². The average molecular weight is 218 g/mol. The van der Waals surface area contributed by atoms with Gasteiger partial charge in [0.25, 0.3) is 0 Å². The van der Waals surface area contributed by atoms with Crippen LogP contribution in [0.4, 0.5) is 8.78 Å². The molecule has 5 heteroatoms. The number of benzene rings is 1. The summed E-state index contributed by atoms with van der Waals surface area (Å²) in [6.07, 6.45) is 1.88. The molecule has 1 aromatic rings. The van der Waals surface area contributed by atoms with E-state index in [2.05, 4.69) is 5.43 Å². The molecule has 0 aliphatic rings.